The number of sulfone groups is 1. The summed E-state index contributed by atoms with van der Waals surface area (Å²) in [5.74, 6) is -2.43. The third kappa shape index (κ3) is 4.45. The number of nitro groups is 1. The Morgan fingerprint density at radius 1 is 1.02 bits per heavy atom. The lowest BCUT2D eigenvalue weighted by atomic mass is 9.99. The Bertz CT molecular complexity index is 2000. The van der Waals surface area contributed by atoms with E-state index in [0.29, 0.717) is 6.07 Å². The molecule has 0 saturated heterocycles. The van der Waals surface area contributed by atoms with Gasteiger partial charge in [0.25, 0.3) is 11.2 Å². The number of fused-ring (bicyclic) bond motifs is 1. The minimum atomic E-state index is -4.11. The molecule has 0 aliphatic rings. The van der Waals surface area contributed by atoms with Gasteiger partial charge in [-0.3, -0.25) is 14.9 Å². The van der Waals surface area contributed by atoms with Crippen LogP contribution in [0.5, 0.6) is 11.5 Å². The summed E-state index contributed by atoms with van der Waals surface area (Å²) in [5, 5.41) is 11.5. The van der Waals surface area contributed by atoms with Crippen molar-refractivity contribution in [3.63, 3.8) is 0 Å². The molecule has 3 aromatic carbocycles. The van der Waals surface area contributed by atoms with Gasteiger partial charge in [0.15, 0.2) is 11.6 Å². The number of nitrogens with two attached hydrogens (primary N) is 1. The fourth-order valence-corrected chi connectivity index (χ4v) is 5.54. The van der Waals surface area contributed by atoms with Crippen LogP contribution in [0.15, 0.2) is 81.6 Å². The van der Waals surface area contributed by atoms with E-state index < -0.39 is 43.4 Å². The number of rotatable bonds is 6. The monoisotopic (exact) mass is 566 g/mol. The number of pyridine rings is 1. The highest BCUT2D eigenvalue weighted by Crippen LogP contribution is 2.45. The van der Waals surface area contributed by atoms with Crippen molar-refractivity contribution in [2.75, 3.05) is 5.73 Å². The Morgan fingerprint density at radius 2 is 1.70 bits per heavy atom. The third-order valence-electron chi connectivity index (χ3n) is 6.33. The summed E-state index contributed by atoms with van der Waals surface area (Å²) >= 11 is 0. The van der Waals surface area contributed by atoms with Gasteiger partial charge in [-0.1, -0.05) is 17.7 Å². The van der Waals surface area contributed by atoms with E-state index in [0.717, 1.165) is 28.3 Å². The van der Waals surface area contributed by atoms with Gasteiger partial charge >= 0.3 is 0 Å². The number of nitrogens with one attached hydrogen (secondary N) is 1. The van der Waals surface area contributed by atoms with Crippen LogP contribution in [-0.2, 0) is 16.9 Å². The number of aromatic nitrogens is 2. The SMILES string of the molecule is Cc1ccc(S(=O)(=O)c2cc3c(-c4c(Oc5ccc(F)cc5F)ccc([N+](=O)[O-])c4N)cn(C)c(=O)c3[nH]2)cc1. The van der Waals surface area contributed by atoms with Crippen LogP contribution >= 0.6 is 0 Å². The first kappa shape index (κ1) is 26.6. The third-order valence-corrected chi connectivity index (χ3v) is 8.02. The Hall–Kier alpha value is -5.04. The first-order valence-corrected chi connectivity index (χ1v) is 13.1. The quantitative estimate of drug-likeness (QED) is 0.162. The normalized spacial score (nSPS) is 11.6. The van der Waals surface area contributed by atoms with Crippen LogP contribution in [0.3, 0.4) is 0 Å². The maximum absolute atomic E-state index is 14.4. The lowest BCUT2D eigenvalue weighted by Gasteiger charge is -2.16. The number of hydrogen-bond donors (Lipinski definition) is 2. The van der Waals surface area contributed by atoms with E-state index in [4.69, 9.17) is 10.5 Å². The van der Waals surface area contributed by atoms with Crippen molar-refractivity contribution in [1.82, 2.24) is 9.55 Å². The van der Waals surface area contributed by atoms with Crippen molar-refractivity contribution in [1.29, 1.82) is 0 Å². The smallest absolute Gasteiger partial charge is 0.293 e. The molecule has 0 radical (unpaired) electrons. The molecule has 0 amide bonds. The van der Waals surface area contributed by atoms with Crippen molar-refractivity contribution in [3.8, 4) is 22.6 Å². The Labute approximate surface area is 225 Å². The molecule has 5 rings (SSSR count). The number of aryl methyl sites for hydroxylation is 2. The zero-order valence-corrected chi connectivity index (χ0v) is 21.8. The number of nitrogen functional groups attached to an aromatic ring is 1. The molecule has 0 atom stereocenters. The summed E-state index contributed by atoms with van der Waals surface area (Å²) < 4.78 is 61.5. The molecule has 0 fully saturated rings. The van der Waals surface area contributed by atoms with Crippen LogP contribution in [0.25, 0.3) is 22.0 Å². The highest BCUT2D eigenvalue weighted by molar-refractivity contribution is 7.91. The van der Waals surface area contributed by atoms with E-state index in [2.05, 4.69) is 4.98 Å². The van der Waals surface area contributed by atoms with Gasteiger partial charge in [0.1, 0.15) is 27.8 Å². The number of nitro benzene ring substituents is 1. The Kier molecular flexibility index (Phi) is 6.38. The highest BCUT2D eigenvalue weighted by Gasteiger charge is 2.27. The van der Waals surface area contributed by atoms with Gasteiger partial charge in [0, 0.05) is 36.3 Å². The maximum Gasteiger partial charge on any atom is 0.293 e. The summed E-state index contributed by atoms with van der Waals surface area (Å²) in [6, 6.07) is 12.2. The van der Waals surface area contributed by atoms with Crippen LogP contribution < -0.4 is 16.0 Å². The lowest BCUT2D eigenvalue weighted by Crippen LogP contribution is -2.17. The topological polar surface area (TPSA) is 150 Å². The van der Waals surface area contributed by atoms with Gasteiger partial charge in [-0.25, -0.2) is 17.2 Å². The molecule has 0 bridgehead atoms. The zero-order chi connectivity index (χ0) is 28.9. The van der Waals surface area contributed by atoms with Gasteiger partial charge in [-0.15, -0.1) is 0 Å². The second-order valence-electron chi connectivity index (χ2n) is 9.00. The number of benzene rings is 3. The van der Waals surface area contributed by atoms with Crippen molar-refractivity contribution in [2.45, 2.75) is 16.8 Å². The lowest BCUT2D eigenvalue weighted by molar-refractivity contribution is -0.383. The number of ether oxygens (including phenoxy) is 1. The van der Waals surface area contributed by atoms with E-state index in [1.165, 1.54) is 37.5 Å². The fraction of sp³-hybridized carbons (Fsp3) is 0.0741. The molecule has 5 aromatic rings. The number of anilines is 1. The molecular formula is C27H20F2N4O6S. The molecule has 13 heteroatoms. The molecule has 0 aliphatic carbocycles. The van der Waals surface area contributed by atoms with E-state index in [1.54, 1.807) is 19.1 Å². The molecule has 2 aromatic heterocycles. The molecular weight excluding hydrogens is 546 g/mol. The minimum Gasteiger partial charge on any atom is -0.454 e. The van der Waals surface area contributed by atoms with Crippen LogP contribution in [-0.4, -0.2) is 22.9 Å². The van der Waals surface area contributed by atoms with Crippen LogP contribution in [0.1, 0.15) is 5.56 Å². The van der Waals surface area contributed by atoms with E-state index in [-0.39, 0.29) is 43.4 Å². The maximum atomic E-state index is 14.4. The van der Waals surface area contributed by atoms with E-state index in [1.807, 2.05) is 0 Å². The summed E-state index contributed by atoms with van der Waals surface area (Å²) in [7, 11) is -2.71. The standard InChI is InChI=1S/C27H20F2N4O6S/c1-14-3-6-16(7-4-14)40(37,38)23-12-17-18(13-32(2)27(34)26(17)31-23)24-22(10-8-20(25(24)30)33(35)36)39-21-9-5-15(28)11-19(21)29/h3-13,31H,30H2,1-2H3. The number of aromatic amines is 1. The number of nitrogens with zero attached hydrogens (tertiary/aromatic N) is 2. The van der Waals surface area contributed by atoms with Gasteiger partial charge in [0.2, 0.25) is 9.84 Å². The van der Waals surface area contributed by atoms with Gasteiger partial charge in [-0.2, -0.15) is 0 Å². The molecule has 0 aliphatic heterocycles. The molecule has 10 nitrogen and oxygen atoms in total. The minimum absolute atomic E-state index is 0.0197. The van der Waals surface area contributed by atoms with E-state index >= 15 is 0 Å². The van der Waals surface area contributed by atoms with Crippen molar-refractivity contribution < 1.29 is 26.9 Å². The fourth-order valence-electron chi connectivity index (χ4n) is 4.28. The second-order valence-corrected chi connectivity index (χ2v) is 10.9. The summed E-state index contributed by atoms with van der Waals surface area (Å²) in [6.07, 6.45) is 1.31. The number of halogens is 2. The average Bonchev–Trinajstić information content (AvgIpc) is 3.35. The predicted octanol–water partition coefficient (Wildman–Crippen LogP) is 5.24. The average molecular weight is 567 g/mol. The highest BCUT2D eigenvalue weighted by atomic mass is 32.2. The summed E-state index contributed by atoms with van der Waals surface area (Å²) in [4.78, 5) is 26.7. The first-order valence-electron chi connectivity index (χ1n) is 11.6. The largest absolute Gasteiger partial charge is 0.454 e. The van der Waals surface area contributed by atoms with Gasteiger partial charge in [-0.05, 0) is 43.3 Å². The zero-order valence-electron chi connectivity index (χ0n) is 20.9. The van der Waals surface area contributed by atoms with Gasteiger partial charge < -0.3 is 20.0 Å². The molecule has 0 spiro atoms. The Morgan fingerprint density at radius 3 is 2.35 bits per heavy atom. The molecule has 2 heterocycles. The predicted molar refractivity (Wildman–Crippen MR) is 143 cm³/mol. The number of H-pyrrole nitrogens is 1. The summed E-state index contributed by atoms with van der Waals surface area (Å²) in [5.41, 5.74) is 5.47. The molecule has 0 unspecified atom stereocenters. The summed E-state index contributed by atoms with van der Waals surface area (Å²) in [6.45, 7) is 1.80. The number of hydrogen-bond acceptors (Lipinski definition) is 7. The van der Waals surface area contributed by atoms with Crippen LogP contribution in [0.4, 0.5) is 20.2 Å². The van der Waals surface area contributed by atoms with Crippen molar-refractivity contribution in [2.24, 2.45) is 7.05 Å². The van der Waals surface area contributed by atoms with Gasteiger partial charge in [0.05, 0.1) is 15.4 Å². The Balaban J connectivity index is 1.79. The van der Waals surface area contributed by atoms with E-state index in [9.17, 15) is 32.1 Å². The van der Waals surface area contributed by atoms with Crippen LogP contribution in [0, 0.1) is 28.7 Å². The molecule has 40 heavy (non-hydrogen) atoms. The van der Waals surface area contributed by atoms with Crippen LogP contribution in [0.2, 0.25) is 0 Å². The van der Waals surface area contributed by atoms with Crippen molar-refractivity contribution in [3.05, 3.63) is 105 Å². The molecule has 204 valence electrons. The molecule has 3 N–H and O–H groups in total. The second kappa shape index (κ2) is 9.61. The van der Waals surface area contributed by atoms with Crippen molar-refractivity contribution >= 4 is 32.1 Å². The first-order chi connectivity index (χ1) is 18.9. The molecule has 0 saturated carbocycles.